The highest BCUT2D eigenvalue weighted by Gasteiger charge is 2.09. The van der Waals surface area contributed by atoms with Crippen LogP contribution in [0.5, 0.6) is 0 Å². The highest BCUT2D eigenvalue weighted by molar-refractivity contribution is 6.39. The standard InChI is InChI=1S/C18H22Cl2N2.2C2H4O2/c1-3-22(4-2)13-12-14-8-5-6-11-17(14)21-18-15(19)9-7-10-16(18)20;2*1-2(3)4/h5-11,21H,3-4,12-13H2,1-2H3;2*1H3,(H,3,4). The van der Waals surface area contributed by atoms with Gasteiger partial charge in [-0.25, -0.2) is 0 Å². The number of carbonyl (C=O) groups is 2. The lowest BCUT2D eigenvalue weighted by Gasteiger charge is -2.19. The number of rotatable bonds is 7. The molecule has 0 spiro atoms. The van der Waals surface area contributed by atoms with Crippen LogP contribution in [0.3, 0.4) is 0 Å². The molecular formula is C22H30Cl2N2O4. The molecule has 2 aromatic carbocycles. The van der Waals surface area contributed by atoms with Crippen molar-refractivity contribution in [3.05, 3.63) is 58.1 Å². The van der Waals surface area contributed by atoms with Crippen LogP contribution in [0.4, 0.5) is 11.4 Å². The Morgan fingerprint density at radius 3 is 1.83 bits per heavy atom. The number of halogens is 2. The highest BCUT2D eigenvalue weighted by Crippen LogP contribution is 2.33. The van der Waals surface area contributed by atoms with Crippen LogP contribution in [0.2, 0.25) is 10.0 Å². The molecule has 0 saturated carbocycles. The number of para-hydroxylation sites is 2. The molecular weight excluding hydrogens is 427 g/mol. The van der Waals surface area contributed by atoms with Crippen molar-refractivity contribution in [3.63, 3.8) is 0 Å². The van der Waals surface area contributed by atoms with Crippen molar-refractivity contribution in [3.8, 4) is 0 Å². The molecule has 6 nitrogen and oxygen atoms in total. The van der Waals surface area contributed by atoms with Gasteiger partial charge < -0.3 is 20.4 Å². The lowest BCUT2D eigenvalue weighted by Crippen LogP contribution is -2.25. The summed E-state index contributed by atoms with van der Waals surface area (Å²) in [7, 11) is 0. The topological polar surface area (TPSA) is 89.9 Å². The maximum atomic E-state index is 9.00. The predicted octanol–water partition coefficient (Wildman–Crippen LogP) is 5.80. The van der Waals surface area contributed by atoms with Gasteiger partial charge in [0, 0.05) is 26.1 Å². The Morgan fingerprint density at radius 1 is 0.900 bits per heavy atom. The minimum atomic E-state index is -0.833. The van der Waals surface area contributed by atoms with Crippen LogP contribution in [0.1, 0.15) is 33.3 Å². The minimum Gasteiger partial charge on any atom is -0.481 e. The first kappa shape index (κ1) is 27.7. The molecule has 166 valence electrons. The lowest BCUT2D eigenvalue weighted by molar-refractivity contribution is -0.135. The van der Waals surface area contributed by atoms with E-state index in [0.29, 0.717) is 10.0 Å². The Balaban J connectivity index is 0.000000901. The van der Waals surface area contributed by atoms with Crippen LogP contribution >= 0.6 is 23.2 Å². The molecule has 0 aliphatic rings. The van der Waals surface area contributed by atoms with Crippen LogP contribution in [0.25, 0.3) is 0 Å². The van der Waals surface area contributed by atoms with Gasteiger partial charge in [0.2, 0.25) is 0 Å². The van der Waals surface area contributed by atoms with Gasteiger partial charge >= 0.3 is 0 Å². The summed E-state index contributed by atoms with van der Waals surface area (Å²) in [4.78, 5) is 20.4. The monoisotopic (exact) mass is 456 g/mol. The second-order valence-corrected chi connectivity index (χ2v) is 7.01. The van der Waals surface area contributed by atoms with Crippen LogP contribution in [-0.2, 0) is 16.0 Å². The summed E-state index contributed by atoms with van der Waals surface area (Å²) < 4.78 is 0. The zero-order valence-corrected chi connectivity index (χ0v) is 19.3. The maximum Gasteiger partial charge on any atom is 0.300 e. The van der Waals surface area contributed by atoms with Crippen molar-refractivity contribution in [2.45, 2.75) is 34.1 Å². The Bertz CT molecular complexity index is 756. The van der Waals surface area contributed by atoms with E-state index in [1.54, 1.807) is 0 Å². The van der Waals surface area contributed by atoms with E-state index in [0.717, 1.165) is 51.3 Å². The molecule has 0 aliphatic heterocycles. The van der Waals surface area contributed by atoms with Crippen LogP contribution in [-0.4, -0.2) is 46.7 Å². The van der Waals surface area contributed by atoms with E-state index in [1.165, 1.54) is 5.56 Å². The SMILES string of the molecule is CC(=O)O.CC(=O)O.CCN(CC)CCc1ccccc1Nc1c(Cl)cccc1Cl. The molecule has 30 heavy (non-hydrogen) atoms. The third-order valence-corrected chi connectivity index (χ3v) is 4.46. The number of carboxylic acids is 2. The molecule has 0 radical (unpaired) electrons. The third-order valence-electron chi connectivity index (χ3n) is 3.83. The van der Waals surface area contributed by atoms with Crippen molar-refractivity contribution in [2.75, 3.05) is 25.0 Å². The highest BCUT2D eigenvalue weighted by atomic mass is 35.5. The minimum absolute atomic E-state index is 0.631. The molecule has 0 fully saturated rings. The molecule has 2 aromatic rings. The van der Waals surface area contributed by atoms with Gasteiger partial charge in [-0.3, -0.25) is 9.59 Å². The average Bonchev–Trinajstić information content (AvgIpc) is 2.66. The maximum absolute atomic E-state index is 9.00. The fourth-order valence-corrected chi connectivity index (χ4v) is 2.92. The van der Waals surface area contributed by atoms with Crippen LogP contribution in [0.15, 0.2) is 42.5 Å². The Labute approximate surface area is 188 Å². The van der Waals surface area contributed by atoms with Gasteiger partial charge in [0.15, 0.2) is 0 Å². The summed E-state index contributed by atoms with van der Waals surface area (Å²) in [6.07, 6.45) is 0.993. The zero-order valence-electron chi connectivity index (χ0n) is 17.8. The van der Waals surface area contributed by atoms with E-state index < -0.39 is 11.9 Å². The first-order valence-corrected chi connectivity index (χ1v) is 10.3. The van der Waals surface area contributed by atoms with Crippen molar-refractivity contribution in [1.29, 1.82) is 0 Å². The average molecular weight is 457 g/mol. The number of benzene rings is 2. The number of anilines is 2. The number of nitrogens with one attached hydrogen (secondary N) is 1. The Hall–Kier alpha value is -2.28. The summed E-state index contributed by atoms with van der Waals surface area (Å²) >= 11 is 12.5. The van der Waals surface area contributed by atoms with E-state index in [4.69, 9.17) is 43.0 Å². The Kier molecular flexibility index (Phi) is 14.4. The second-order valence-electron chi connectivity index (χ2n) is 6.19. The number of likely N-dealkylation sites (N-methyl/N-ethyl adjacent to an activating group) is 1. The molecule has 0 aliphatic carbocycles. The molecule has 0 saturated heterocycles. The van der Waals surface area contributed by atoms with Gasteiger partial charge in [0.1, 0.15) is 0 Å². The molecule has 0 bridgehead atoms. The first-order chi connectivity index (χ1) is 14.1. The molecule has 2 rings (SSSR count). The quantitative estimate of drug-likeness (QED) is 0.487. The van der Waals surface area contributed by atoms with Gasteiger partial charge in [-0.05, 0) is 43.3 Å². The molecule has 0 heterocycles. The summed E-state index contributed by atoms with van der Waals surface area (Å²) in [6.45, 7) is 9.74. The van der Waals surface area contributed by atoms with Crippen molar-refractivity contribution in [2.24, 2.45) is 0 Å². The van der Waals surface area contributed by atoms with Gasteiger partial charge in [-0.15, -0.1) is 0 Å². The predicted molar refractivity (Wildman–Crippen MR) is 124 cm³/mol. The number of hydrogen-bond acceptors (Lipinski definition) is 4. The van der Waals surface area contributed by atoms with Gasteiger partial charge in [0.25, 0.3) is 11.9 Å². The summed E-state index contributed by atoms with van der Waals surface area (Å²) in [5, 5.41) is 19.5. The molecule has 3 N–H and O–H groups in total. The van der Waals surface area contributed by atoms with E-state index >= 15 is 0 Å². The molecule has 0 aromatic heterocycles. The Morgan fingerprint density at radius 2 is 1.37 bits per heavy atom. The van der Waals surface area contributed by atoms with Gasteiger partial charge in [-0.1, -0.05) is 61.3 Å². The fourth-order valence-electron chi connectivity index (χ4n) is 2.43. The first-order valence-electron chi connectivity index (χ1n) is 9.52. The van der Waals surface area contributed by atoms with Gasteiger partial charge in [-0.2, -0.15) is 0 Å². The summed E-state index contributed by atoms with van der Waals surface area (Å²) in [5.41, 5.74) is 3.09. The van der Waals surface area contributed by atoms with E-state index in [9.17, 15) is 0 Å². The van der Waals surface area contributed by atoms with E-state index in [1.807, 2.05) is 24.3 Å². The van der Waals surface area contributed by atoms with Crippen molar-refractivity contribution >= 4 is 46.5 Å². The normalized spacial score (nSPS) is 9.70. The molecule has 0 unspecified atom stereocenters. The number of aliphatic carboxylic acids is 2. The molecule has 8 heteroatoms. The lowest BCUT2D eigenvalue weighted by atomic mass is 10.1. The summed E-state index contributed by atoms with van der Waals surface area (Å²) in [5.74, 6) is -1.67. The third kappa shape index (κ3) is 12.3. The largest absolute Gasteiger partial charge is 0.481 e. The fraction of sp³-hybridized carbons (Fsp3) is 0.364. The number of hydrogen-bond donors (Lipinski definition) is 3. The van der Waals surface area contributed by atoms with Crippen LogP contribution < -0.4 is 5.32 Å². The number of carboxylic acid groups (broad SMARTS) is 2. The second kappa shape index (κ2) is 15.5. The molecule has 0 amide bonds. The van der Waals surface area contributed by atoms with E-state index in [2.05, 4.69) is 42.3 Å². The zero-order chi connectivity index (χ0) is 23.1. The van der Waals surface area contributed by atoms with Crippen LogP contribution in [0, 0.1) is 0 Å². The number of nitrogens with zero attached hydrogens (tertiary/aromatic N) is 1. The smallest absolute Gasteiger partial charge is 0.300 e. The summed E-state index contributed by atoms with van der Waals surface area (Å²) in [6, 6.07) is 13.8. The van der Waals surface area contributed by atoms with Gasteiger partial charge in [0.05, 0.1) is 15.7 Å². The van der Waals surface area contributed by atoms with Crippen molar-refractivity contribution in [1.82, 2.24) is 4.90 Å². The van der Waals surface area contributed by atoms with Crippen molar-refractivity contribution < 1.29 is 19.8 Å². The molecule has 0 atom stereocenters. The van der Waals surface area contributed by atoms with E-state index in [-0.39, 0.29) is 0 Å².